The molecule has 0 radical (unpaired) electrons. The molecular weight excluding hydrogens is 230 g/mol. The molecule has 0 bridgehead atoms. The van der Waals surface area contributed by atoms with Crippen LogP contribution in [0.5, 0.6) is 0 Å². The maximum absolute atomic E-state index is 12.1. The molecule has 98 valence electrons. The maximum Gasteiger partial charge on any atom is 0.414 e. The Labute approximate surface area is 107 Å². The second-order valence-corrected chi connectivity index (χ2v) is 5.58. The fraction of sp³-hybridized carbons (Fsp3) is 0.500. The summed E-state index contributed by atoms with van der Waals surface area (Å²) in [6.45, 7) is 5.78. The average molecular weight is 249 g/mol. The Morgan fingerprint density at radius 2 is 2.06 bits per heavy atom. The van der Waals surface area contributed by atoms with Crippen LogP contribution in [0.15, 0.2) is 24.3 Å². The van der Waals surface area contributed by atoms with Crippen molar-refractivity contribution in [3.05, 3.63) is 29.8 Å². The summed E-state index contributed by atoms with van der Waals surface area (Å²) >= 11 is 0. The van der Waals surface area contributed by atoms with Crippen LogP contribution in [0.2, 0.25) is 0 Å². The van der Waals surface area contributed by atoms with Crippen molar-refractivity contribution in [3.8, 4) is 0 Å². The average Bonchev–Trinajstić information content (AvgIpc) is 2.25. The predicted molar refractivity (Wildman–Crippen MR) is 69.7 cm³/mol. The van der Waals surface area contributed by atoms with Gasteiger partial charge in [0, 0.05) is 6.42 Å². The molecule has 1 atom stereocenters. The minimum Gasteiger partial charge on any atom is -0.443 e. The van der Waals surface area contributed by atoms with Crippen molar-refractivity contribution in [2.75, 3.05) is 11.4 Å². The quantitative estimate of drug-likeness (QED) is 0.767. The summed E-state index contributed by atoms with van der Waals surface area (Å²) in [5.41, 5.74) is 1.27. The monoisotopic (exact) mass is 249 g/mol. The van der Waals surface area contributed by atoms with E-state index in [0.717, 1.165) is 11.3 Å². The molecule has 1 N–H and O–H groups in total. The van der Waals surface area contributed by atoms with Gasteiger partial charge in [-0.15, -0.1) is 0 Å². The Kier molecular flexibility index (Phi) is 3.30. The zero-order valence-electron chi connectivity index (χ0n) is 11.0. The van der Waals surface area contributed by atoms with Crippen LogP contribution in [0.1, 0.15) is 26.3 Å². The van der Waals surface area contributed by atoms with Crippen LogP contribution >= 0.6 is 0 Å². The number of rotatable bonds is 0. The van der Waals surface area contributed by atoms with Crippen molar-refractivity contribution in [1.29, 1.82) is 0 Å². The summed E-state index contributed by atoms with van der Waals surface area (Å²) in [5.74, 6) is 0. The van der Waals surface area contributed by atoms with E-state index in [9.17, 15) is 9.90 Å². The lowest BCUT2D eigenvalue weighted by molar-refractivity contribution is 0.0548. The maximum atomic E-state index is 12.1. The number of anilines is 1. The van der Waals surface area contributed by atoms with E-state index >= 15 is 0 Å². The molecule has 1 aromatic rings. The first-order valence-corrected chi connectivity index (χ1v) is 6.13. The fourth-order valence-corrected chi connectivity index (χ4v) is 2.06. The number of amides is 1. The highest BCUT2D eigenvalue weighted by Gasteiger charge is 2.30. The molecule has 0 aliphatic carbocycles. The first-order valence-electron chi connectivity index (χ1n) is 6.13. The molecule has 0 spiro atoms. The number of hydrogen-bond donors (Lipinski definition) is 1. The number of fused-ring (bicyclic) bond motifs is 1. The van der Waals surface area contributed by atoms with Gasteiger partial charge in [-0.1, -0.05) is 18.2 Å². The summed E-state index contributed by atoms with van der Waals surface area (Å²) in [7, 11) is 0. The second-order valence-electron chi connectivity index (χ2n) is 5.58. The third-order valence-corrected chi connectivity index (χ3v) is 2.75. The van der Waals surface area contributed by atoms with Gasteiger partial charge in [-0.25, -0.2) is 4.79 Å². The Morgan fingerprint density at radius 3 is 2.72 bits per heavy atom. The number of aliphatic hydroxyl groups is 1. The number of ether oxygens (including phenoxy) is 1. The van der Waals surface area contributed by atoms with Gasteiger partial charge in [-0.3, -0.25) is 4.90 Å². The van der Waals surface area contributed by atoms with E-state index in [1.165, 1.54) is 4.90 Å². The van der Waals surface area contributed by atoms with Gasteiger partial charge in [0.1, 0.15) is 5.60 Å². The predicted octanol–water partition coefficient (Wildman–Crippen LogP) is 2.35. The molecule has 0 saturated carbocycles. The summed E-state index contributed by atoms with van der Waals surface area (Å²) in [4.78, 5) is 13.6. The van der Waals surface area contributed by atoms with Gasteiger partial charge >= 0.3 is 6.09 Å². The van der Waals surface area contributed by atoms with Crippen molar-refractivity contribution in [1.82, 2.24) is 0 Å². The number of benzene rings is 1. The van der Waals surface area contributed by atoms with E-state index < -0.39 is 17.8 Å². The van der Waals surface area contributed by atoms with Gasteiger partial charge in [0.2, 0.25) is 0 Å². The number of para-hydroxylation sites is 1. The molecule has 1 aliphatic heterocycles. The standard InChI is InChI=1S/C14H19NO3/c1-14(2,3)18-13(17)15-9-11(16)8-10-6-4-5-7-12(10)15/h4-7,11,16H,8-9H2,1-3H3. The van der Waals surface area contributed by atoms with Gasteiger partial charge in [0.05, 0.1) is 18.3 Å². The Morgan fingerprint density at radius 1 is 1.39 bits per heavy atom. The molecule has 0 saturated heterocycles. The smallest absolute Gasteiger partial charge is 0.414 e. The van der Waals surface area contributed by atoms with E-state index in [2.05, 4.69) is 0 Å². The number of β-amino-alcohol motifs (C(OH)–C–C–N with tert-alkyl or cyclic N) is 1. The SMILES string of the molecule is CC(C)(C)OC(=O)N1CC(O)Cc2ccccc21. The van der Waals surface area contributed by atoms with Crippen molar-refractivity contribution in [2.45, 2.75) is 38.9 Å². The lowest BCUT2D eigenvalue weighted by atomic mass is 10.0. The highest BCUT2D eigenvalue weighted by molar-refractivity contribution is 5.89. The van der Waals surface area contributed by atoms with Crippen LogP contribution in [0, 0.1) is 0 Å². The van der Waals surface area contributed by atoms with E-state index in [1.807, 2.05) is 45.0 Å². The van der Waals surface area contributed by atoms with Crippen LogP contribution in [-0.2, 0) is 11.2 Å². The van der Waals surface area contributed by atoms with Gasteiger partial charge < -0.3 is 9.84 Å². The zero-order valence-corrected chi connectivity index (χ0v) is 11.0. The molecule has 2 rings (SSSR count). The lowest BCUT2D eigenvalue weighted by Crippen LogP contribution is -2.44. The first-order chi connectivity index (χ1) is 8.37. The van der Waals surface area contributed by atoms with Crippen molar-refractivity contribution < 1.29 is 14.6 Å². The number of hydrogen-bond acceptors (Lipinski definition) is 3. The van der Waals surface area contributed by atoms with E-state index in [4.69, 9.17) is 4.74 Å². The van der Waals surface area contributed by atoms with E-state index in [-0.39, 0.29) is 6.54 Å². The van der Waals surface area contributed by atoms with Gasteiger partial charge in [0.15, 0.2) is 0 Å². The van der Waals surface area contributed by atoms with Crippen LogP contribution in [0.25, 0.3) is 0 Å². The summed E-state index contributed by atoms with van der Waals surface area (Å²) in [6.07, 6.45) is -0.365. The molecule has 0 fully saturated rings. The van der Waals surface area contributed by atoms with E-state index in [1.54, 1.807) is 0 Å². The Balaban J connectivity index is 2.26. The van der Waals surface area contributed by atoms with Crippen molar-refractivity contribution in [2.24, 2.45) is 0 Å². The normalized spacial score (nSPS) is 19.3. The second kappa shape index (κ2) is 4.61. The van der Waals surface area contributed by atoms with E-state index in [0.29, 0.717) is 6.42 Å². The topological polar surface area (TPSA) is 49.8 Å². The zero-order chi connectivity index (χ0) is 13.3. The third-order valence-electron chi connectivity index (χ3n) is 2.75. The summed E-state index contributed by atoms with van der Waals surface area (Å²) in [6, 6.07) is 7.60. The van der Waals surface area contributed by atoms with Crippen molar-refractivity contribution in [3.63, 3.8) is 0 Å². The molecule has 1 aromatic carbocycles. The molecule has 1 unspecified atom stereocenters. The first kappa shape index (κ1) is 12.9. The minimum atomic E-state index is -0.535. The molecule has 1 amide bonds. The third kappa shape index (κ3) is 2.82. The molecule has 1 heterocycles. The van der Waals surface area contributed by atoms with Crippen LogP contribution < -0.4 is 4.90 Å². The summed E-state index contributed by atoms with van der Waals surface area (Å²) < 4.78 is 5.36. The largest absolute Gasteiger partial charge is 0.443 e. The molecular formula is C14H19NO3. The minimum absolute atomic E-state index is 0.284. The lowest BCUT2D eigenvalue weighted by Gasteiger charge is -2.33. The van der Waals surface area contributed by atoms with Gasteiger partial charge in [0.25, 0.3) is 0 Å². The van der Waals surface area contributed by atoms with Gasteiger partial charge in [-0.05, 0) is 32.4 Å². The number of carbonyl (C=O) groups excluding carboxylic acids is 1. The van der Waals surface area contributed by atoms with Crippen LogP contribution in [-0.4, -0.2) is 29.4 Å². The number of nitrogens with zero attached hydrogens (tertiary/aromatic N) is 1. The van der Waals surface area contributed by atoms with Gasteiger partial charge in [-0.2, -0.15) is 0 Å². The van der Waals surface area contributed by atoms with Crippen LogP contribution in [0.3, 0.4) is 0 Å². The molecule has 18 heavy (non-hydrogen) atoms. The highest BCUT2D eigenvalue weighted by Crippen LogP contribution is 2.28. The highest BCUT2D eigenvalue weighted by atomic mass is 16.6. The molecule has 0 aromatic heterocycles. The molecule has 1 aliphatic rings. The number of aliphatic hydroxyl groups excluding tert-OH is 1. The molecule has 4 heteroatoms. The Bertz CT molecular complexity index is 451. The number of carbonyl (C=O) groups is 1. The fourth-order valence-electron chi connectivity index (χ4n) is 2.06. The Hall–Kier alpha value is -1.55. The molecule has 4 nitrogen and oxygen atoms in total. The van der Waals surface area contributed by atoms with Crippen LogP contribution in [0.4, 0.5) is 10.5 Å². The summed E-state index contributed by atoms with van der Waals surface area (Å²) in [5, 5.41) is 9.82. The van der Waals surface area contributed by atoms with Crippen molar-refractivity contribution >= 4 is 11.8 Å².